The average molecular weight is 331 g/mol. The number of hydrogen-bond acceptors (Lipinski definition) is 6. The second kappa shape index (κ2) is 8.74. The van der Waals surface area contributed by atoms with Crippen LogP contribution in [0.5, 0.6) is 0 Å². The van der Waals surface area contributed by atoms with Gasteiger partial charge in [-0.2, -0.15) is 0 Å². The van der Waals surface area contributed by atoms with Crippen LogP contribution in [0, 0.1) is 0 Å². The van der Waals surface area contributed by atoms with E-state index in [9.17, 15) is 14.4 Å². The Labute approximate surface area is 138 Å². The molecule has 0 rings (SSSR count). The number of carbonyl (C=O) groups is 3. The molecule has 7 nitrogen and oxygen atoms in total. The summed E-state index contributed by atoms with van der Waals surface area (Å²) in [5.74, 6) is -0.932. The van der Waals surface area contributed by atoms with Crippen molar-refractivity contribution in [3.63, 3.8) is 0 Å². The molecule has 0 saturated carbocycles. The first-order chi connectivity index (χ1) is 10.3. The minimum absolute atomic E-state index is 0.159. The maximum absolute atomic E-state index is 12.2. The van der Waals surface area contributed by atoms with Gasteiger partial charge in [-0.15, -0.1) is 0 Å². The topological polar surface area (TPSA) is 90.9 Å². The van der Waals surface area contributed by atoms with Crippen molar-refractivity contribution < 1.29 is 28.6 Å². The smallest absolute Gasteiger partial charge is 0.408 e. The molecular weight excluding hydrogens is 302 g/mol. The third-order valence-electron chi connectivity index (χ3n) is 2.48. The lowest BCUT2D eigenvalue weighted by Crippen LogP contribution is -2.46. The van der Waals surface area contributed by atoms with E-state index in [-0.39, 0.29) is 18.8 Å². The van der Waals surface area contributed by atoms with Gasteiger partial charge in [0.25, 0.3) is 0 Å². The van der Waals surface area contributed by atoms with E-state index >= 15 is 0 Å². The number of carbonyl (C=O) groups excluding carboxylic acids is 3. The van der Waals surface area contributed by atoms with E-state index in [0.29, 0.717) is 6.42 Å². The molecule has 23 heavy (non-hydrogen) atoms. The molecule has 7 heteroatoms. The maximum Gasteiger partial charge on any atom is 0.408 e. The molecule has 0 aromatic heterocycles. The van der Waals surface area contributed by atoms with Crippen LogP contribution in [0.3, 0.4) is 0 Å². The molecule has 0 aromatic rings. The van der Waals surface area contributed by atoms with Crippen molar-refractivity contribution in [2.45, 2.75) is 78.0 Å². The Balaban J connectivity index is 4.75. The molecule has 0 radical (unpaired) electrons. The molecule has 134 valence electrons. The molecule has 1 N–H and O–H groups in total. The minimum atomic E-state index is -0.881. The van der Waals surface area contributed by atoms with E-state index < -0.39 is 29.3 Å². The Morgan fingerprint density at radius 2 is 1.48 bits per heavy atom. The zero-order valence-electron chi connectivity index (χ0n) is 15.1. The highest BCUT2D eigenvalue weighted by atomic mass is 16.6. The van der Waals surface area contributed by atoms with Crippen molar-refractivity contribution in [1.82, 2.24) is 5.32 Å². The van der Waals surface area contributed by atoms with Crippen LogP contribution in [0.25, 0.3) is 0 Å². The summed E-state index contributed by atoms with van der Waals surface area (Å²) < 4.78 is 15.0. The first kappa shape index (κ1) is 21.2. The van der Waals surface area contributed by atoms with E-state index in [1.165, 1.54) is 7.11 Å². The van der Waals surface area contributed by atoms with Crippen LogP contribution in [0.4, 0.5) is 4.79 Å². The number of methoxy groups -OCH3 is 1. The molecule has 1 amide bonds. The second-order valence-electron chi connectivity index (χ2n) is 7.20. The monoisotopic (exact) mass is 331 g/mol. The van der Waals surface area contributed by atoms with E-state index in [2.05, 4.69) is 10.1 Å². The third-order valence-corrected chi connectivity index (χ3v) is 2.48. The van der Waals surface area contributed by atoms with Crippen LogP contribution >= 0.6 is 0 Å². The van der Waals surface area contributed by atoms with Gasteiger partial charge >= 0.3 is 18.0 Å². The van der Waals surface area contributed by atoms with Gasteiger partial charge < -0.3 is 19.5 Å². The normalized spacial score (nSPS) is 13.0. The molecule has 1 atom stereocenters. The first-order valence-corrected chi connectivity index (χ1v) is 7.63. The molecule has 0 saturated heterocycles. The predicted octanol–water partition coefficient (Wildman–Crippen LogP) is 2.56. The number of rotatable bonds is 6. The van der Waals surface area contributed by atoms with Crippen LogP contribution in [-0.2, 0) is 23.8 Å². The molecular formula is C16H29NO6. The highest BCUT2D eigenvalue weighted by Gasteiger charge is 2.28. The summed E-state index contributed by atoms with van der Waals surface area (Å²) in [5, 5.41) is 2.50. The van der Waals surface area contributed by atoms with Crippen LogP contribution in [0.15, 0.2) is 0 Å². The van der Waals surface area contributed by atoms with Crippen molar-refractivity contribution >= 4 is 18.0 Å². The highest BCUT2D eigenvalue weighted by molar-refractivity contribution is 5.81. The van der Waals surface area contributed by atoms with Crippen molar-refractivity contribution in [2.24, 2.45) is 0 Å². The van der Waals surface area contributed by atoms with Gasteiger partial charge in [-0.3, -0.25) is 4.79 Å². The van der Waals surface area contributed by atoms with Gasteiger partial charge in [-0.05, 0) is 54.4 Å². The zero-order chi connectivity index (χ0) is 18.3. The number of ether oxygens (including phenoxy) is 3. The van der Waals surface area contributed by atoms with E-state index in [4.69, 9.17) is 9.47 Å². The number of esters is 2. The lowest BCUT2D eigenvalue weighted by atomic mass is 10.1. The van der Waals surface area contributed by atoms with Crippen LogP contribution in [0.1, 0.15) is 60.8 Å². The van der Waals surface area contributed by atoms with Gasteiger partial charge in [-0.25, -0.2) is 9.59 Å². The summed E-state index contributed by atoms with van der Waals surface area (Å²) >= 11 is 0. The summed E-state index contributed by atoms with van der Waals surface area (Å²) in [7, 11) is 1.30. The van der Waals surface area contributed by atoms with Crippen molar-refractivity contribution in [1.29, 1.82) is 0 Å². The Hall–Kier alpha value is -1.79. The average Bonchev–Trinajstić information content (AvgIpc) is 2.32. The minimum Gasteiger partial charge on any atom is -0.469 e. The van der Waals surface area contributed by atoms with Crippen LogP contribution in [-0.4, -0.2) is 42.4 Å². The van der Waals surface area contributed by atoms with Gasteiger partial charge in [0.15, 0.2) is 0 Å². The predicted molar refractivity (Wildman–Crippen MR) is 84.9 cm³/mol. The number of alkyl carbamates (subject to hydrolysis) is 1. The lowest BCUT2D eigenvalue weighted by Gasteiger charge is -2.26. The first-order valence-electron chi connectivity index (χ1n) is 7.63. The molecule has 0 aliphatic rings. The highest BCUT2D eigenvalue weighted by Crippen LogP contribution is 2.13. The molecule has 0 aliphatic carbocycles. The Kier molecular flexibility index (Phi) is 8.06. The van der Waals surface area contributed by atoms with Crippen molar-refractivity contribution in [3.8, 4) is 0 Å². The van der Waals surface area contributed by atoms with Gasteiger partial charge in [0.1, 0.15) is 17.2 Å². The quantitative estimate of drug-likeness (QED) is 0.594. The molecule has 0 aliphatic heterocycles. The van der Waals surface area contributed by atoms with Gasteiger partial charge in [-0.1, -0.05) is 0 Å². The van der Waals surface area contributed by atoms with Gasteiger partial charge in [0, 0.05) is 6.42 Å². The van der Waals surface area contributed by atoms with Gasteiger partial charge in [0.2, 0.25) is 0 Å². The lowest BCUT2D eigenvalue weighted by molar-refractivity contribution is -0.158. The fraction of sp³-hybridized carbons (Fsp3) is 0.812. The molecule has 0 fully saturated rings. The SMILES string of the molecule is COC(=O)CCCC(NC(=O)OC(C)(C)C)C(=O)OC(C)(C)C. The van der Waals surface area contributed by atoms with Crippen LogP contribution in [0.2, 0.25) is 0 Å². The van der Waals surface area contributed by atoms with E-state index in [1.54, 1.807) is 41.5 Å². The summed E-state index contributed by atoms with van der Waals surface area (Å²) in [4.78, 5) is 35.2. The molecule has 0 bridgehead atoms. The number of hydrogen-bond donors (Lipinski definition) is 1. The number of amides is 1. The van der Waals surface area contributed by atoms with E-state index in [1.807, 2.05) is 0 Å². The number of nitrogens with one attached hydrogen (secondary N) is 1. The van der Waals surface area contributed by atoms with Crippen LogP contribution < -0.4 is 5.32 Å². The summed E-state index contributed by atoms with van der Waals surface area (Å²) in [6.07, 6.45) is 0.0907. The fourth-order valence-electron chi connectivity index (χ4n) is 1.62. The molecule has 0 aromatic carbocycles. The second-order valence-corrected chi connectivity index (χ2v) is 7.20. The third kappa shape index (κ3) is 11.4. The largest absolute Gasteiger partial charge is 0.469 e. The fourth-order valence-corrected chi connectivity index (χ4v) is 1.62. The Morgan fingerprint density at radius 1 is 0.957 bits per heavy atom. The summed E-state index contributed by atoms with van der Waals surface area (Å²) in [5.41, 5.74) is -1.35. The van der Waals surface area contributed by atoms with Crippen molar-refractivity contribution in [3.05, 3.63) is 0 Å². The van der Waals surface area contributed by atoms with E-state index in [0.717, 1.165) is 0 Å². The maximum atomic E-state index is 12.2. The zero-order valence-corrected chi connectivity index (χ0v) is 15.1. The molecule has 0 spiro atoms. The summed E-state index contributed by atoms with van der Waals surface area (Å²) in [6, 6.07) is -0.881. The van der Waals surface area contributed by atoms with Gasteiger partial charge in [0.05, 0.1) is 7.11 Å². The molecule has 1 unspecified atom stereocenters. The Morgan fingerprint density at radius 3 is 1.91 bits per heavy atom. The summed E-state index contributed by atoms with van der Waals surface area (Å²) in [6.45, 7) is 10.4. The standard InChI is InChI=1S/C16H29NO6/c1-15(2,3)22-13(19)11(9-8-10-12(18)21-7)17-14(20)23-16(4,5)6/h11H,8-10H2,1-7H3,(H,17,20). The molecule has 0 heterocycles. The Bertz CT molecular complexity index is 419. The van der Waals surface area contributed by atoms with Crippen molar-refractivity contribution in [2.75, 3.05) is 7.11 Å².